The average Bonchev–Trinajstić information content (AvgIpc) is 3.39. The molecule has 1 aliphatic heterocycles. The molecule has 1 aromatic carbocycles. The Labute approximate surface area is 234 Å². The summed E-state index contributed by atoms with van der Waals surface area (Å²) in [7, 11) is -4.15. The highest BCUT2D eigenvalue weighted by molar-refractivity contribution is 9.10. The van der Waals surface area contributed by atoms with Gasteiger partial charge in [-0.25, -0.2) is 9.36 Å². The number of ether oxygens (including phenoxy) is 3. The predicted molar refractivity (Wildman–Crippen MR) is 144 cm³/mol. The highest BCUT2D eigenvalue weighted by Crippen LogP contribution is 2.46. The molecule has 2 fully saturated rings. The molecule has 2 aliphatic rings. The van der Waals surface area contributed by atoms with Crippen LogP contribution in [0.25, 0.3) is 0 Å². The Morgan fingerprint density at radius 1 is 1.23 bits per heavy atom. The number of aryl methyl sites for hydroxylation is 1. The fourth-order valence-electron chi connectivity index (χ4n) is 4.29. The highest BCUT2D eigenvalue weighted by Gasteiger charge is 2.37. The van der Waals surface area contributed by atoms with Gasteiger partial charge in [0.1, 0.15) is 24.5 Å². The van der Waals surface area contributed by atoms with Gasteiger partial charge in [-0.05, 0) is 63.3 Å². The smallest absolute Gasteiger partial charge is 0.459 e. The van der Waals surface area contributed by atoms with Crippen LogP contribution in [-0.2, 0) is 28.1 Å². The summed E-state index contributed by atoms with van der Waals surface area (Å²) in [4.78, 5) is 39.0. The van der Waals surface area contributed by atoms with Crippen molar-refractivity contribution in [1.82, 2.24) is 14.6 Å². The molecular formula is C25H33BrN3O9P. The first-order chi connectivity index (χ1) is 18.7. The molecule has 2 N–H and O–H groups in total. The molecule has 2 aromatic rings. The zero-order valence-corrected chi connectivity index (χ0v) is 24.3. The lowest BCUT2D eigenvalue weighted by Crippen LogP contribution is -2.39. The molecule has 14 heteroatoms. The van der Waals surface area contributed by atoms with Gasteiger partial charge in [-0.1, -0.05) is 29.3 Å². The molecule has 1 aliphatic carbocycles. The number of aromatic amines is 1. The topological polar surface area (TPSA) is 147 Å². The predicted octanol–water partition coefficient (Wildman–Crippen LogP) is 3.93. The number of benzene rings is 1. The number of hydrogen-bond acceptors (Lipinski definition) is 9. The standard InChI is InChI=1S/C25H33BrN3O9P/c1-3-20(24(31)36-18-7-5-4-6-8-18)28-39(33,38-19-11-9-17(26)10-12-19)35-15-22-34-14-21(37-22)29-13-16(2)23(30)27-25(29)32/h9-13,18,20-22H,3-8,14-15H2,1-2H3,(H,28,33)(H,27,30,32)/t20-,21+,22+,39?/m0/s1. The fraction of sp³-hybridized carbons (Fsp3) is 0.560. The number of esters is 1. The second-order valence-electron chi connectivity index (χ2n) is 9.46. The summed E-state index contributed by atoms with van der Waals surface area (Å²) < 4.78 is 44.3. The molecule has 39 heavy (non-hydrogen) atoms. The molecule has 1 saturated carbocycles. The van der Waals surface area contributed by atoms with Crippen molar-refractivity contribution in [3.8, 4) is 5.75 Å². The minimum atomic E-state index is -4.15. The van der Waals surface area contributed by atoms with Gasteiger partial charge in [-0.3, -0.25) is 23.7 Å². The molecule has 214 valence electrons. The quantitative estimate of drug-likeness (QED) is 0.277. The monoisotopic (exact) mass is 629 g/mol. The Hall–Kier alpha value is -2.28. The van der Waals surface area contributed by atoms with E-state index in [0.29, 0.717) is 5.56 Å². The maximum atomic E-state index is 13.9. The number of H-pyrrole nitrogens is 1. The van der Waals surface area contributed by atoms with Gasteiger partial charge in [0.15, 0.2) is 12.5 Å². The van der Waals surface area contributed by atoms with Crippen LogP contribution in [0, 0.1) is 6.92 Å². The van der Waals surface area contributed by atoms with E-state index in [9.17, 15) is 18.9 Å². The van der Waals surface area contributed by atoms with E-state index >= 15 is 0 Å². The number of halogens is 1. The Morgan fingerprint density at radius 2 is 1.95 bits per heavy atom. The number of hydrogen-bond donors (Lipinski definition) is 2. The van der Waals surface area contributed by atoms with Gasteiger partial charge in [0.05, 0.1) is 6.61 Å². The number of rotatable bonds is 11. The summed E-state index contributed by atoms with van der Waals surface area (Å²) in [6, 6.07) is 5.70. The minimum Gasteiger partial charge on any atom is -0.461 e. The molecule has 0 amide bonds. The number of nitrogens with zero attached hydrogens (tertiary/aromatic N) is 1. The van der Waals surface area contributed by atoms with E-state index in [2.05, 4.69) is 26.0 Å². The number of aromatic nitrogens is 2. The lowest BCUT2D eigenvalue weighted by molar-refractivity contribution is -0.152. The Balaban J connectivity index is 1.44. The van der Waals surface area contributed by atoms with Crippen molar-refractivity contribution >= 4 is 29.6 Å². The van der Waals surface area contributed by atoms with Gasteiger partial charge in [0.2, 0.25) is 0 Å². The van der Waals surface area contributed by atoms with Crippen molar-refractivity contribution in [2.75, 3.05) is 13.2 Å². The van der Waals surface area contributed by atoms with E-state index in [1.165, 1.54) is 10.8 Å². The van der Waals surface area contributed by atoms with Crippen molar-refractivity contribution in [3.63, 3.8) is 0 Å². The summed E-state index contributed by atoms with van der Waals surface area (Å²) in [5, 5.41) is 2.74. The Morgan fingerprint density at radius 3 is 2.64 bits per heavy atom. The normalized spacial score (nSPS) is 22.2. The molecular weight excluding hydrogens is 597 g/mol. The van der Waals surface area contributed by atoms with Crippen LogP contribution in [0.15, 0.2) is 44.5 Å². The molecule has 4 rings (SSSR count). The van der Waals surface area contributed by atoms with Gasteiger partial charge in [-0.2, -0.15) is 5.09 Å². The molecule has 1 unspecified atom stereocenters. The average molecular weight is 630 g/mol. The highest BCUT2D eigenvalue weighted by atomic mass is 79.9. The molecule has 4 atom stereocenters. The van der Waals surface area contributed by atoms with Crippen molar-refractivity contribution in [2.45, 2.75) is 77.0 Å². The molecule has 0 bridgehead atoms. The second-order valence-corrected chi connectivity index (χ2v) is 12.1. The zero-order chi connectivity index (χ0) is 28.0. The van der Waals surface area contributed by atoms with E-state index in [4.69, 9.17) is 23.3 Å². The maximum absolute atomic E-state index is 13.9. The van der Waals surface area contributed by atoms with Crippen molar-refractivity contribution in [1.29, 1.82) is 0 Å². The fourth-order valence-corrected chi connectivity index (χ4v) is 6.12. The van der Waals surface area contributed by atoms with Gasteiger partial charge in [0, 0.05) is 16.2 Å². The van der Waals surface area contributed by atoms with Gasteiger partial charge in [-0.15, -0.1) is 0 Å². The van der Waals surface area contributed by atoms with Crippen molar-refractivity contribution < 1.29 is 32.6 Å². The first kappa shape index (κ1) is 29.7. The SMILES string of the molecule is CC[C@H](NP(=O)(OC[C@@H]1OC[C@H](n2cc(C)c(=O)[nH]c2=O)O1)Oc1ccc(Br)cc1)C(=O)OC1CCCCC1. The van der Waals surface area contributed by atoms with Crippen LogP contribution in [0.2, 0.25) is 0 Å². The molecule has 0 spiro atoms. The first-order valence-corrected chi connectivity index (χ1v) is 15.3. The molecule has 0 radical (unpaired) electrons. The van der Waals surface area contributed by atoms with Crippen molar-refractivity contribution in [2.24, 2.45) is 0 Å². The third-order valence-corrected chi connectivity index (χ3v) is 8.55. The van der Waals surface area contributed by atoms with E-state index in [1.54, 1.807) is 38.1 Å². The number of nitrogens with one attached hydrogen (secondary N) is 2. The largest absolute Gasteiger partial charge is 0.461 e. The summed E-state index contributed by atoms with van der Waals surface area (Å²) in [6.07, 6.45) is 4.43. The van der Waals surface area contributed by atoms with Crippen LogP contribution >= 0.6 is 23.7 Å². The maximum Gasteiger partial charge on any atom is 0.459 e. The van der Waals surface area contributed by atoms with Crippen molar-refractivity contribution in [3.05, 3.63) is 61.3 Å². The van der Waals surface area contributed by atoms with Crippen LogP contribution < -0.4 is 20.9 Å². The lowest BCUT2D eigenvalue weighted by atomic mass is 9.98. The van der Waals surface area contributed by atoms with E-state index in [0.717, 1.165) is 36.6 Å². The molecule has 12 nitrogen and oxygen atoms in total. The molecule has 2 heterocycles. The Bertz CT molecular complexity index is 1290. The van der Waals surface area contributed by atoms with Gasteiger partial charge >= 0.3 is 19.4 Å². The van der Waals surface area contributed by atoms with E-state index < -0.39 is 43.5 Å². The van der Waals surface area contributed by atoms with Crippen LogP contribution in [0.1, 0.15) is 57.2 Å². The zero-order valence-electron chi connectivity index (χ0n) is 21.8. The van der Waals surface area contributed by atoms with Crippen LogP contribution in [-0.4, -0.2) is 47.2 Å². The lowest BCUT2D eigenvalue weighted by Gasteiger charge is -2.27. The summed E-state index contributed by atoms with van der Waals surface area (Å²) in [5.74, 6) is -0.264. The van der Waals surface area contributed by atoms with Gasteiger partial charge < -0.3 is 18.7 Å². The molecule has 1 aromatic heterocycles. The third kappa shape index (κ3) is 8.12. The van der Waals surface area contributed by atoms with E-state index in [-0.39, 0.29) is 31.5 Å². The van der Waals surface area contributed by atoms with Gasteiger partial charge in [0.25, 0.3) is 5.56 Å². The summed E-state index contributed by atoms with van der Waals surface area (Å²) >= 11 is 3.35. The van der Waals surface area contributed by atoms with Crippen LogP contribution in [0.3, 0.4) is 0 Å². The van der Waals surface area contributed by atoms with Crippen LogP contribution in [0.5, 0.6) is 5.75 Å². The van der Waals surface area contributed by atoms with Crippen LogP contribution in [0.4, 0.5) is 0 Å². The molecule has 1 saturated heterocycles. The Kier molecular flexibility index (Phi) is 10.2. The minimum absolute atomic E-state index is 0.00395. The summed E-state index contributed by atoms with van der Waals surface area (Å²) in [6.45, 7) is 3.00. The third-order valence-electron chi connectivity index (χ3n) is 6.45. The number of carbonyl (C=O) groups is 1. The second kappa shape index (κ2) is 13.4. The number of carbonyl (C=O) groups excluding carboxylic acids is 1. The van der Waals surface area contributed by atoms with E-state index in [1.807, 2.05) is 0 Å². The first-order valence-electron chi connectivity index (χ1n) is 12.9. The summed E-state index contributed by atoms with van der Waals surface area (Å²) in [5.41, 5.74) is -0.797.